The Hall–Kier alpha value is 0.250. The van der Waals surface area contributed by atoms with Gasteiger partial charge in [-0.25, -0.2) is 0 Å². The van der Waals surface area contributed by atoms with Crippen molar-refractivity contribution in [3.05, 3.63) is 0 Å². The lowest BCUT2D eigenvalue weighted by molar-refractivity contribution is 0.326. The number of hydrogen-bond acceptors (Lipinski definition) is 1. The molecule has 0 unspecified atom stereocenters. The van der Waals surface area contributed by atoms with Gasteiger partial charge in [-0.2, -0.15) is 0 Å². The van der Waals surface area contributed by atoms with E-state index in [1.165, 1.54) is 6.42 Å². The summed E-state index contributed by atoms with van der Waals surface area (Å²) in [4.78, 5) is 0. The van der Waals surface area contributed by atoms with Gasteiger partial charge in [-0.1, -0.05) is 27.7 Å². The van der Waals surface area contributed by atoms with Crippen LogP contribution in [0.3, 0.4) is 0 Å². The van der Waals surface area contributed by atoms with Crippen molar-refractivity contribution in [3.8, 4) is 0 Å². The molecule has 0 heterocycles. The number of rotatable bonds is 7. The fourth-order valence-electron chi connectivity index (χ4n) is 1.16. The number of halogens is 1. The van der Waals surface area contributed by atoms with Crippen LogP contribution < -0.4 is 5.32 Å². The van der Waals surface area contributed by atoms with Gasteiger partial charge < -0.3 is 5.32 Å². The van der Waals surface area contributed by atoms with E-state index in [9.17, 15) is 0 Å². The van der Waals surface area contributed by atoms with Gasteiger partial charge in [0.2, 0.25) is 0 Å². The van der Waals surface area contributed by atoms with E-state index >= 15 is 0 Å². The Morgan fingerprint density at radius 3 is 2.38 bits per heavy atom. The molecule has 0 atom stereocenters. The molecule has 0 fully saturated rings. The molecule has 0 spiro atoms. The zero-order valence-corrected chi connectivity index (χ0v) is 10.2. The monoisotopic (exact) mass is 205 g/mol. The number of hydrogen-bond donors (Lipinski definition) is 1. The first kappa shape index (κ1) is 13.2. The average Bonchev–Trinajstić information content (AvgIpc) is 1.98. The number of nitrogens with one attached hydrogen (secondary N) is 1. The Morgan fingerprint density at radius 1 is 1.31 bits per heavy atom. The van der Waals surface area contributed by atoms with Gasteiger partial charge in [0.1, 0.15) is 0 Å². The average molecular weight is 206 g/mol. The van der Waals surface area contributed by atoms with Crippen LogP contribution in [0.2, 0.25) is 0 Å². The first-order chi connectivity index (χ1) is 5.98. The Kier molecular flexibility index (Phi) is 6.79. The molecule has 0 aromatic carbocycles. The molecule has 0 saturated heterocycles. The third kappa shape index (κ3) is 8.58. The molecule has 13 heavy (non-hydrogen) atoms. The van der Waals surface area contributed by atoms with E-state index in [0.717, 1.165) is 31.3 Å². The lowest BCUT2D eigenvalue weighted by atomic mass is 9.90. The highest BCUT2D eigenvalue weighted by Crippen LogP contribution is 2.19. The van der Waals surface area contributed by atoms with Gasteiger partial charge in [0, 0.05) is 12.4 Å². The second-order valence-electron chi connectivity index (χ2n) is 4.96. The summed E-state index contributed by atoms with van der Waals surface area (Å²) in [5, 5.41) is 3.48. The van der Waals surface area contributed by atoms with Gasteiger partial charge in [-0.15, -0.1) is 11.6 Å². The van der Waals surface area contributed by atoms with Crippen LogP contribution in [-0.4, -0.2) is 19.0 Å². The highest BCUT2D eigenvalue weighted by Gasteiger charge is 2.15. The second kappa shape index (κ2) is 6.67. The molecule has 0 bridgehead atoms. The predicted molar refractivity (Wildman–Crippen MR) is 61.4 cm³/mol. The van der Waals surface area contributed by atoms with Crippen LogP contribution in [0.15, 0.2) is 0 Å². The van der Waals surface area contributed by atoms with Crippen molar-refractivity contribution < 1.29 is 0 Å². The molecule has 0 radical (unpaired) electrons. The van der Waals surface area contributed by atoms with E-state index in [-0.39, 0.29) is 0 Å². The summed E-state index contributed by atoms with van der Waals surface area (Å²) in [6, 6.07) is 0. The molecule has 1 N–H and O–H groups in total. The van der Waals surface area contributed by atoms with Crippen molar-refractivity contribution in [1.82, 2.24) is 5.32 Å². The van der Waals surface area contributed by atoms with E-state index in [4.69, 9.17) is 11.6 Å². The van der Waals surface area contributed by atoms with Crippen molar-refractivity contribution in [3.63, 3.8) is 0 Å². The summed E-state index contributed by atoms with van der Waals surface area (Å²) in [5.41, 5.74) is 0.346. The van der Waals surface area contributed by atoms with Gasteiger partial charge in [0.15, 0.2) is 0 Å². The van der Waals surface area contributed by atoms with E-state index in [1.54, 1.807) is 0 Å². The molecule has 2 heteroatoms. The predicted octanol–water partition coefficient (Wildman–Crippen LogP) is 3.28. The van der Waals surface area contributed by atoms with Crippen molar-refractivity contribution in [1.29, 1.82) is 0 Å². The zero-order valence-electron chi connectivity index (χ0n) is 9.49. The van der Waals surface area contributed by atoms with Crippen LogP contribution in [-0.2, 0) is 0 Å². The molecule has 0 aliphatic rings. The van der Waals surface area contributed by atoms with Gasteiger partial charge in [-0.05, 0) is 30.7 Å². The van der Waals surface area contributed by atoms with Crippen molar-refractivity contribution in [2.45, 2.75) is 40.5 Å². The van der Waals surface area contributed by atoms with Crippen molar-refractivity contribution >= 4 is 11.6 Å². The summed E-state index contributed by atoms with van der Waals surface area (Å²) in [6.07, 6.45) is 2.35. The minimum Gasteiger partial charge on any atom is -0.316 e. The fourth-order valence-corrected chi connectivity index (χ4v) is 1.67. The fraction of sp³-hybridized carbons (Fsp3) is 1.00. The Morgan fingerprint density at radius 2 is 1.92 bits per heavy atom. The van der Waals surface area contributed by atoms with E-state index < -0.39 is 0 Å². The molecule has 0 saturated carbocycles. The molecule has 80 valence electrons. The maximum atomic E-state index is 5.72. The lowest BCUT2D eigenvalue weighted by Crippen LogP contribution is -2.30. The van der Waals surface area contributed by atoms with Gasteiger partial charge >= 0.3 is 0 Å². The van der Waals surface area contributed by atoms with Gasteiger partial charge in [-0.3, -0.25) is 0 Å². The van der Waals surface area contributed by atoms with Crippen LogP contribution in [0.1, 0.15) is 40.5 Å². The highest BCUT2D eigenvalue weighted by molar-refractivity contribution is 6.17. The van der Waals surface area contributed by atoms with E-state index in [2.05, 4.69) is 33.0 Å². The second-order valence-corrected chi connectivity index (χ2v) is 5.34. The Bertz CT molecular complexity index is 121. The SMILES string of the molecule is CC(C)CCNCC(C)(C)CCCl. The largest absolute Gasteiger partial charge is 0.316 e. The smallest absolute Gasteiger partial charge is 0.0229 e. The van der Waals surface area contributed by atoms with Crippen molar-refractivity contribution in [2.24, 2.45) is 11.3 Å². The van der Waals surface area contributed by atoms with Crippen LogP contribution in [0.25, 0.3) is 0 Å². The maximum Gasteiger partial charge on any atom is 0.0229 e. The third-order valence-electron chi connectivity index (χ3n) is 2.27. The summed E-state index contributed by atoms with van der Waals surface area (Å²) in [7, 11) is 0. The minimum absolute atomic E-state index is 0.346. The number of alkyl halides is 1. The Labute approximate surface area is 88.2 Å². The first-order valence-electron chi connectivity index (χ1n) is 5.24. The minimum atomic E-state index is 0.346. The summed E-state index contributed by atoms with van der Waals surface area (Å²) >= 11 is 5.72. The van der Waals surface area contributed by atoms with Gasteiger partial charge in [0.25, 0.3) is 0 Å². The third-order valence-corrected chi connectivity index (χ3v) is 2.46. The molecule has 0 aromatic heterocycles. The zero-order chi connectivity index (χ0) is 10.3. The van der Waals surface area contributed by atoms with Crippen LogP contribution in [0.5, 0.6) is 0 Å². The standard InChI is InChI=1S/C11H24ClN/c1-10(2)5-8-13-9-11(3,4)6-7-12/h10,13H,5-9H2,1-4H3. The first-order valence-corrected chi connectivity index (χ1v) is 5.78. The van der Waals surface area contributed by atoms with Crippen LogP contribution >= 0.6 is 11.6 Å². The van der Waals surface area contributed by atoms with E-state index in [0.29, 0.717) is 5.41 Å². The van der Waals surface area contributed by atoms with Gasteiger partial charge in [0.05, 0.1) is 0 Å². The van der Waals surface area contributed by atoms with Crippen molar-refractivity contribution in [2.75, 3.05) is 19.0 Å². The molecule has 0 aromatic rings. The Balaban J connectivity index is 3.40. The summed E-state index contributed by atoms with van der Waals surface area (Å²) in [5.74, 6) is 1.56. The topological polar surface area (TPSA) is 12.0 Å². The summed E-state index contributed by atoms with van der Waals surface area (Å²) < 4.78 is 0. The normalized spacial score (nSPS) is 12.5. The molecule has 0 aliphatic carbocycles. The van der Waals surface area contributed by atoms with Crippen LogP contribution in [0.4, 0.5) is 0 Å². The highest BCUT2D eigenvalue weighted by atomic mass is 35.5. The lowest BCUT2D eigenvalue weighted by Gasteiger charge is -2.24. The van der Waals surface area contributed by atoms with E-state index in [1.807, 2.05) is 0 Å². The molecule has 1 nitrogen and oxygen atoms in total. The molecule has 0 aliphatic heterocycles. The molecule has 0 rings (SSSR count). The maximum absolute atomic E-state index is 5.72. The molecular formula is C11H24ClN. The molecular weight excluding hydrogens is 182 g/mol. The quantitative estimate of drug-likeness (QED) is 0.497. The van der Waals surface area contributed by atoms with Crippen LogP contribution in [0, 0.1) is 11.3 Å². The summed E-state index contributed by atoms with van der Waals surface area (Å²) in [6.45, 7) is 11.2. The molecule has 0 amide bonds.